The van der Waals surface area contributed by atoms with Gasteiger partial charge in [0.1, 0.15) is 5.82 Å². The third kappa shape index (κ3) is 3.37. The van der Waals surface area contributed by atoms with Crippen LogP contribution in [0.3, 0.4) is 0 Å². The van der Waals surface area contributed by atoms with Gasteiger partial charge in [-0.15, -0.1) is 0 Å². The number of hydrogen-bond acceptors (Lipinski definition) is 2. The Kier molecular flexibility index (Phi) is 4.61. The highest BCUT2D eigenvalue weighted by Gasteiger charge is 2.08. The van der Waals surface area contributed by atoms with E-state index in [2.05, 4.69) is 58.8 Å². The molecule has 0 aliphatic rings. The van der Waals surface area contributed by atoms with E-state index >= 15 is 0 Å². The lowest BCUT2D eigenvalue weighted by Crippen LogP contribution is -2.23. The van der Waals surface area contributed by atoms with Crippen molar-refractivity contribution in [2.24, 2.45) is 0 Å². The van der Waals surface area contributed by atoms with Gasteiger partial charge < -0.3 is 0 Å². The van der Waals surface area contributed by atoms with Crippen LogP contribution in [0.25, 0.3) is 23.1 Å². The minimum atomic E-state index is 0.0135. The summed E-state index contributed by atoms with van der Waals surface area (Å²) in [5.74, 6) is 0.687. The van der Waals surface area contributed by atoms with Crippen molar-refractivity contribution in [3.05, 3.63) is 73.3 Å². The number of aryl methyl sites for hydroxylation is 1. The largest absolute Gasteiger partial charge is 0.293 e. The first-order valence-corrected chi connectivity index (χ1v) is 8.61. The molecule has 0 saturated carbocycles. The van der Waals surface area contributed by atoms with Crippen molar-refractivity contribution in [3.63, 3.8) is 0 Å². The lowest BCUT2D eigenvalue weighted by Gasteiger charge is -2.09. The molecule has 3 aromatic rings. The van der Waals surface area contributed by atoms with Gasteiger partial charge in [0, 0.05) is 10.1 Å². The van der Waals surface area contributed by atoms with Gasteiger partial charge >= 0.3 is 0 Å². The summed E-state index contributed by atoms with van der Waals surface area (Å²) in [6, 6.07) is 14.0. The number of nitrogens with zero attached hydrogens (tertiary/aromatic N) is 2. The third-order valence-electron chi connectivity index (χ3n) is 3.76. The summed E-state index contributed by atoms with van der Waals surface area (Å²) in [6.45, 7) is 4.63. The lowest BCUT2D eigenvalue weighted by molar-refractivity contribution is 0.708. The molecule has 23 heavy (non-hydrogen) atoms. The van der Waals surface area contributed by atoms with Crippen LogP contribution in [0.4, 0.5) is 0 Å². The maximum atomic E-state index is 12.7. The van der Waals surface area contributed by atoms with Crippen LogP contribution >= 0.6 is 22.6 Å². The topological polar surface area (TPSA) is 34.9 Å². The highest BCUT2D eigenvalue weighted by Crippen LogP contribution is 2.15. The minimum Gasteiger partial charge on any atom is -0.293 e. The Morgan fingerprint density at radius 2 is 1.87 bits per heavy atom. The van der Waals surface area contributed by atoms with Crippen LogP contribution in [0.15, 0.2) is 47.3 Å². The Bertz CT molecular complexity index is 940. The molecule has 0 fully saturated rings. The van der Waals surface area contributed by atoms with Gasteiger partial charge in [-0.2, -0.15) is 0 Å². The number of benzene rings is 2. The second kappa shape index (κ2) is 6.66. The zero-order valence-corrected chi connectivity index (χ0v) is 15.2. The molecule has 4 heteroatoms. The van der Waals surface area contributed by atoms with Crippen LogP contribution in [-0.4, -0.2) is 9.55 Å². The van der Waals surface area contributed by atoms with Gasteiger partial charge in [0.15, 0.2) is 0 Å². The number of halogens is 1. The third-order valence-corrected chi connectivity index (χ3v) is 4.44. The van der Waals surface area contributed by atoms with E-state index in [1.807, 2.05) is 37.3 Å². The smallest absolute Gasteiger partial charge is 0.261 e. The molecule has 0 bridgehead atoms. The van der Waals surface area contributed by atoms with Gasteiger partial charge in [0.2, 0.25) is 0 Å². The molecule has 0 amide bonds. The van der Waals surface area contributed by atoms with Gasteiger partial charge in [0.25, 0.3) is 5.56 Å². The molecule has 116 valence electrons. The van der Waals surface area contributed by atoms with E-state index in [0.29, 0.717) is 17.8 Å². The van der Waals surface area contributed by atoms with Gasteiger partial charge in [-0.1, -0.05) is 35.9 Å². The van der Waals surface area contributed by atoms with Crippen LogP contribution in [0.1, 0.15) is 23.9 Å². The van der Waals surface area contributed by atoms with Crippen molar-refractivity contribution in [3.8, 4) is 0 Å². The Balaban J connectivity index is 2.11. The van der Waals surface area contributed by atoms with Crippen LogP contribution in [0.2, 0.25) is 0 Å². The van der Waals surface area contributed by atoms with E-state index in [1.165, 1.54) is 5.56 Å². The molecule has 0 aliphatic carbocycles. The first-order chi connectivity index (χ1) is 11.1. The average Bonchev–Trinajstić information content (AvgIpc) is 2.55. The second-order valence-corrected chi connectivity index (χ2v) is 6.67. The molecule has 1 heterocycles. The molecule has 0 radical (unpaired) electrons. The summed E-state index contributed by atoms with van der Waals surface area (Å²) in [5, 5.41) is 0.672. The molecule has 0 atom stereocenters. The second-order valence-electron chi connectivity index (χ2n) is 5.42. The van der Waals surface area contributed by atoms with Crippen LogP contribution < -0.4 is 5.56 Å². The van der Waals surface area contributed by atoms with E-state index in [-0.39, 0.29) is 5.56 Å². The fraction of sp³-hybridized carbons (Fsp3) is 0.158. The van der Waals surface area contributed by atoms with Crippen molar-refractivity contribution in [2.75, 3.05) is 0 Å². The van der Waals surface area contributed by atoms with E-state index in [0.717, 1.165) is 14.7 Å². The zero-order chi connectivity index (χ0) is 16.4. The monoisotopic (exact) mass is 416 g/mol. The molecule has 3 rings (SSSR count). The van der Waals surface area contributed by atoms with Crippen molar-refractivity contribution >= 4 is 45.6 Å². The standard InChI is InChI=1S/C19H17IN2O/c1-3-22-18(11-8-14-6-4-13(2)5-7-14)21-17-10-9-15(20)12-16(17)19(22)23/h4-12H,3H2,1-2H3/b11-8+. The van der Waals surface area contributed by atoms with Crippen LogP contribution in [0, 0.1) is 10.5 Å². The summed E-state index contributed by atoms with van der Waals surface area (Å²) in [7, 11) is 0. The zero-order valence-electron chi connectivity index (χ0n) is 13.1. The number of fused-ring (bicyclic) bond motifs is 1. The summed E-state index contributed by atoms with van der Waals surface area (Å²) in [5.41, 5.74) is 3.07. The maximum Gasteiger partial charge on any atom is 0.261 e. The fourth-order valence-electron chi connectivity index (χ4n) is 2.49. The van der Waals surface area contributed by atoms with E-state index < -0.39 is 0 Å². The molecular weight excluding hydrogens is 399 g/mol. The molecule has 0 unspecified atom stereocenters. The van der Waals surface area contributed by atoms with Gasteiger partial charge in [-0.25, -0.2) is 4.98 Å². The number of aromatic nitrogens is 2. The molecule has 0 N–H and O–H groups in total. The van der Waals surface area contributed by atoms with Crippen molar-refractivity contribution in [1.29, 1.82) is 0 Å². The Morgan fingerprint density at radius 1 is 1.13 bits per heavy atom. The summed E-state index contributed by atoms with van der Waals surface area (Å²) in [6.07, 6.45) is 3.90. The van der Waals surface area contributed by atoms with Crippen LogP contribution in [-0.2, 0) is 6.54 Å². The van der Waals surface area contributed by atoms with E-state index in [1.54, 1.807) is 4.57 Å². The quantitative estimate of drug-likeness (QED) is 0.590. The van der Waals surface area contributed by atoms with Crippen LogP contribution in [0.5, 0.6) is 0 Å². The highest BCUT2D eigenvalue weighted by atomic mass is 127. The molecule has 1 aromatic heterocycles. The van der Waals surface area contributed by atoms with E-state index in [4.69, 9.17) is 0 Å². The Hall–Kier alpha value is -1.95. The molecule has 2 aromatic carbocycles. The highest BCUT2D eigenvalue weighted by molar-refractivity contribution is 14.1. The molecule has 3 nitrogen and oxygen atoms in total. The summed E-state index contributed by atoms with van der Waals surface area (Å²) < 4.78 is 2.75. The maximum absolute atomic E-state index is 12.7. The normalized spacial score (nSPS) is 11.4. The summed E-state index contributed by atoms with van der Waals surface area (Å²) >= 11 is 2.21. The van der Waals surface area contributed by atoms with Crippen molar-refractivity contribution in [2.45, 2.75) is 20.4 Å². The number of rotatable bonds is 3. The van der Waals surface area contributed by atoms with Gasteiger partial charge in [0.05, 0.1) is 10.9 Å². The SMILES string of the molecule is CCn1c(/C=C/c2ccc(C)cc2)nc2ccc(I)cc2c1=O. The van der Waals surface area contributed by atoms with Crippen molar-refractivity contribution in [1.82, 2.24) is 9.55 Å². The lowest BCUT2D eigenvalue weighted by atomic mass is 10.1. The molecular formula is C19H17IN2O. The first-order valence-electron chi connectivity index (χ1n) is 7.53. The Labute approximate surface area is 148 Å². The summed E-state index contributed by atoms with van der Waals surface area (Å²) in [4.78, 5) is 17.3. The molecule has 0 aliphatic heterocycles. The van der Waals surface area contributed by atoms with Crippen molar-refractivity contribution < 1.29 is 0 Å². The predicted octanol–water partition coefficient (Wildman–Crippen LogP) is 4.50. The molecule has 0 spiro atoms. The predicted molar refractivity (Wildman–Crippen MR) is 105 cm³/mol. The Morgan fingerprint density at radius 3 is 2.57 bits per heavy atom. The fourth-order valence-corrected chi connectivity index (χ4v) is 2.98. The first kappa shape index (κ1) is 15.9. The minimum absolute atomic E-state index is 0.0135. The molecule has 0 saturated heterocycles. The van der Waals surface area contributed by atoms with E-state index in [9.17, 15) is 4.79 Å². The van der Waals surface area contributed by atoms with Gasteiger partial charge in [-0.05, 0) is 66.3 Å². The number of hydrogen-bond donors (Lipinski definition) is 0. The average molecular weight is 416 g/mol. The van der Waals surface area contributed by atoms with Gasteiger partial charge in [-0.3, -0.25) is 9.36 Å².